The predicted octanol–water partition coefficient (Wildman–Crippen LogP) is 3.40. The van der Waals surface area contributed by atoms with Gasteiger partial charge in [0, 0.05) is 6.04 Å². The van der Waals surface area contributed by atoms with Gasteiger partial charge in [0.2, 0.25) is 0 Å². The molecular formula is C15H22F3NO2. The summed E-state index contributed by atoms with van der Waals surface area (Å²) < 4.78 is 49.6. The van der Waals surface area contributed by atoms with Gasteiger partial charge in [-0.1, -0.05) is 6.07 Å². The summed E-state index contributed by atoms with van der Waals surface area (Å²) in [5, 5.41) is 0. The Morgan fingerprint density at radius 2 is 1.81 bits per heavy atom. The van der Waals surface area contributed by atoms with Crippen molar-refractivity contribution in [3.8, 4) is 5.75 Å². The van der Waals surface area contributed by atoms with Gasteiger partial charge >= 0.3 is 6.18 Å². The van der Waals surface area contributed by atoms with Crippen molar-refractivity contribution in [1.29, 1.82) is 0 Å². The molecule has 0 aliphatic heterocycles. The summed E-state index contributed by atoms with van der Waals surface area (Å²) in [6, 6.07) is 3.85. The van der Waals surface area contributed by atoms with Crippen molar-refractivity contribution in [2.45, 2.75) is 45.5 Å². The largest absolute Gasteiger partial charge is 0.491 e. The Labute approximate surface area is 123 Å². The topological polar surface area (TPSA) is 44.5 Å². The molecule has 1 atom stereocenters. The number of hydrogen-bond donors (Lipinski definition) is 1. The minimum absolute atomic E-state index is 0.0177. The molecule has 0 aliphatic carbocycles. The SMILES string of the molecule is CC(N)Cc1ccc(OCCOC(C)C)c(C(F)(F)F)c1. The molecule has 0 fully saturated rings. The molecule has 21 heavy (non-hydrogen) atoms. The second-order valence-electron chi connectivity index (χ2n) is 5.28. The van der Waals surface area contributed by atoms with E-state index in [0.717, 1.165) is 6.07 Å². The Morgan fingerprint density at radius 3 is 2.33 bits per heavy atom. The van der Waals surface area contributed by atoms with Crippen LogP contribution < -0.4 is 10.5 Å². The third-order valence-electron chi connectivity index (χ3n) is 2.70. The highest BCUT2D eigenvalue weighted by Gasteiger charge is 2.34. The molecule has 0 amide bonds. The molecule has 6 heteroatoms. The molecule has 0 heterocycles. The molecule has 1 rings (SSSR count). The number of benzene rings is 1. The molecule has 0 aromatic heterocycles. The Morgan fingerprint density at radius 1 is 1.14 bits per heavy atom. The molecule has 0 aliphatic rings. The van der Waals surface area contributed by atoms with Gasteiger partial charge in [-0.25, -0.2) is 0 Å². The molecule has 0 saturated heterocycles. The molecule has 1 aromatic rings. The maximum absolute atomic E-state index is 13.1. The normalized spacial score (nSPS) is 13.5. The van der Waals surface area contributed by atoms with Crippen LogP contribution >= 0.6 is 0 Å². The van der Waals surface area contributed by atoms with Crippen molar-refractivity contribution in [3.05, 3.63) is 29.3 Å². The van der Waals surface area contributed by atoms with E-state index in [-0.39, 0.29) is 31.1 Å². The lowest BCUT2D eigenvalue weighted by Crippen LogP contribution is -2.19. The van der Waals surface area contributed by atoms with E-state index in [4.69, 9.17) is 15.2 Å². The zero-order chi connectivity index (χ0) is 16.0. The molecule has 1 aromatic carbocycles. The van der Waals surface area contributed by atoms with Gasteiger partial charge < -0.3 is 15.2 Å². The average Bonchev–Trinajstić information content (AvgIpc) is 2.33. The standard InChI is InChI=1S/C15H22F3NO2/c1-10(2)20-6-7-21-14-5-4-12(8-11(3)19)9-13(14)15(16,17)18/h4-5,9-11H,6-8,19H2,1-3H3. The van der Waals surface area contributed by atoms with Gasteiger partial charge in [0.1, 0.15) is 12.4 Å². The van der Waals surface area contributed by atoms with E-state index in [0.29, 0.717) is 12.0 Å². The van der Waals surface area contributed by atoms with Crippen molar-refractivity contribution in [3.63, 3.8) is 0 Å². The fourth-order valence-corrected chi connectivity index (χ4v) is 1.86. The fraction of sp³-hybridized carbons (Fsp3) is 0.600. The highest BCUT2D eigenvalue weighted by Crippen LogP contribution is 2.37. The van der Waals surface area contributed by atoms with Crippen molar-refractivity contribution in [2.24, 2.45) is 5.73 Å². The second-order valence-corrected chi connectivity index (χ2v) is 5.28. The van der Waals surface area contributed by atoms with Gasteiger partial charge in [-0.15, -0.1) is 0 Å². The number of rotatable bonds is 7. The number of halogens is 3. The van der Waals surface area contributed by atoms with E-state index in [1.54, 1.807) is 13.0 Å². The van der Waals surface area contributed by atoms with Crippen LogP contribution in [0.1, 0.15) is 31.9 Å². The fourth-order valence-electron chi connectivity index (χ4n) is 1.86. The summed E-state index contributed by atoms with van der Waals surface area (Å²) >= 11 is 0. The Kier molecular flexibility index (Phi) is 6.48. The second kappa shape index (κ2) is 7.66. The summed E-state index contributed by atoms with van der Waals surface area (Å²) in [7, 11) is 0. The maximum Gasteiger partial charge on any atom is 0.419 e. The first kappa shape index (κ1) is 17.8. The Bertz CT molecular complexity index is 445. The number of alkyl halides is 3. The van der Waals surface area contributed by atoms with Crippen molar-refractivity contribution < 1.29 is 22.6 Å². The number of hydrogen-bond acceptors (Lipinski definition) is 3. The van der Waals surface area contributed by atoms with E-state index in [1.807, 2.05) is 13.8 Å². The van der Waals surface area contributed by atoms with Crippen molar-refractivity contribution in [1.82, 2.24) is 0 Å². The first-order chi connectivity index (χ1) is 9.70. The average molecular weight is 305 g/mol. The molecule has 0 radical (unpaired) electrons. The van der Waals surface area contributed by atoms with Crippen LogP contribution in [0.25, 0.3) is 0 Å². The smallest absolute Gasteiger partial charge is 0.419 e. The molecule has 0 spiro atoms. The summed E-state index contributed by atoms with van der Waals surface area (Å²) in [6.07, 6.45) is -4.05. The van der Waals surface area contributed by atoms with Gasteiger partial charge in [-0.2, -0.15) is 13.2 Å². The van der Waals surface area contributed by atoms with Gasteiger partial charge in [0.25, 0.3) is 0 Å². The van der Waals surface area contributed by atoms with Crippen LogP contribution in [0.15, 0.2) is 18.2 Å². The summed E-state index contributed by atoms with van der Waals surface area (Å²) in [5.74, 6) is -0.178. The molecule has 2 N–H and O–H groups in total. The highest BCUT2D eigenvalue weighted by atomic mass is 19.4. The lowest BCUT2D eigenvalue weighted by Gasteiger charge is -2.16. The quantitative estimate of drug-likeness (QED) is 0.785. The zero-order valence-electron chi connectivity index (χ0n) is 12.5. The molecule has 3 nitrogen and oxygen atoms in total. The van der Waals surface area contributed by atoms with Gasteiger partial charge in [-0.05, 0) is 44.9 Å². The minimum Gasteiger partial charge on any atom is -0.491 e. The van der Waals surface area contributed by atoms with Crippen LogP contribution in [-0.4, -0.2) is 25.4 Å². The van der Waals surface area contributed by atoms with Crippen LogP contribution in [-0.2, 0) is 17.3 Å². The van der Waals surface area contributed by atoms with E-state index >= 15 is 0 Å². The third kappa shape index (κ3) is 6.35. The number of nitrogens with two attached hydrogens (primary N) is 1. The Balaban J connectivity index is 2.82. The lowest BCUT2D eigenvalue weighted by atomic mass is 10.0. The highest BCUT2D eigenvalue weighted by molar-refractivity contribution is 5.39. The van der Waals surface area contributed by atoms with E-state index in [9.17, 15) is 13.2 Å². The summed E-state index contributed by atoms with van der Waals surface area (Å²) in [6.45, 7) is 5.78. The van der Waals surface area contributed by atoms with Crippen molar-refractivity contribution >= 4 is 0 Å². The summed E-state index contributed by atoms with van der Waals surface area (Å²) in [5.41, 5.74) is 5.39. The van der Waals surface area contributed by atoms with Crippen molar-refractivity contribution in [2.75, 3.05) is 13.2 Å². The molecule has 120 valence electrons. The van der Waals surface area contributed by atoms with E-state index in [1.165, 1.54) is 6.07 Å². The first-order valence-electron chi connectivity index (χ1n) is 6.90. The third-order valence-corrected chi connectivity index (χ3v) is 2.70. The van der Waals surface area contributed by atoms with Gasteiger partial charge in [-0.3, -0.25) is 0 Å². The Hall–Kier alpha value is -1.27. The van der Waals surface area contributed by atoms with Gasteiger partial charge in [0.05, 0.1) is 18.3 Å². The minimum atomic E-state index is -4.46. The van der Waals surface area contributed by atoms with E-state index < -0.39 is 11.7 Å². The zero-order valence-corrected chi connectivity index (χ0v) is 12.5. The lowest BCUT2D eigenvalue weighted by molar-refractivity contribution is -0.139. The predicted molar refractivity (Wildman–Crippen MR) is 75.4 cm³/mol. The molecular weight excluding hydrogens is 283 g/mol. The van der Waals surface area contributed by atoms with E-state index in [2.05, 4.69) is 0 Å². The first-order valence-corrected chi connectivity index (χ1v) is 6.90. The van der Waals surface area contributed by atoms with Crippen LogP contribution in [0.4, 0.5) is 13.2 Å². The number of ether oxygens (including phenoxy) is 2. The molecule has 0 saturated carbocycles. The maximum atomic E-state index is 13.1. The van der Waals surface area contributed by atoms with Crippen LogP contribution in [0.3, 0.4) is 0 Å². The van der Waals surface area contributed by atoms with Crippen LogP contribution in [0, 0.1) is 0 Å². The van der Waals surface area contributed by atoms with Crippen LogP contribution in [0.2, 0.25) is 0 Å². The van der Waals surface area contributed by atoms with Gasteiger partial charge in [0.15, 0.2) is 0 Å². The summed E-state index contributed by atoms with van der Waals surface area (Å²) in [4.78, 5) is 0. The molecule has 1 unspecified atom stereocenters. The molecule has 0 bridgehead atoms. The van der Waals surface area contributed by atoms with Crippen LogP contribution in [0.5, 0.6) is 5.75 Å². The monoisotopic (exact) mass is 305 g/mol.